The van der Waals surface area contributed by atoms with Crippen LogP contribution in [0.1, 0.15) is 179 Å². The Morgan fingerprint density at radius 1 is 0.526 bits per heavy atom. The van der Waals surface area contributed by atoms with Crippen LogP contribution >= 0.6 is 0 Å². The molecule has 0 bridgehead atoms. The van der Waals surface area contributed by atoms with Gasteiger partial charge >= 0.3 is 23.9 Å². The molecular formula is C92H148O45. The Balaban J connectivity index is 0.725. The highest BCUT2D eigenvalue weighted by Crippen LogP contribution is 2.75. The maximum absolute atomic E-state index is 15.8. The zero-order chi connectivity index (χ0) is 100. The van der Waals surface area contributed by atoms with E-state index >= 15 is 4.79 Å². The molecule has 0 spiro atoms. The van der Waals surface area contributed by atoms with Crippen molar-refractivity contribution < 1.29 is 222 Å². The van der Waals surface area contributed by atoms with Crippen molar-refractivity contribution >= 4 is 30.2 Å². The Morgan fingerprint density at radius 2 is 1.12 bits per heavy atom. The molecule has 0 radical (unpaired) electrons. The molecule has 12 fully saturated rings. The van der Waals surface area contributed by atoms with E-state index in [1.165, 1.54) is 13.8 Å². The van der Waals surface area contributed by atoms with Gasteiger partial charge in [-0.3, -0.25) is 14.4 Å². The Kier molecular flexibility index (Phi) is 35.6. The molecule has 0 unspecified atom stereocenters. The molecule has 0 aromatic heterocycles. The summed E-state index contributed by atoms with van der Waals surface area (Å²) in [6.07, 6.45) is -60.8. The van der Waals surface area contributed by atoms with Crippen molar-refractivity contribution in [3.63, 3.8) is 0 Å². The topological polar surface area (TPSA) is 697 Å². The van der Waals surface area contributed by atoms with Crippen LogP contribution in [0.2, 0.25) is 0 Å². The molecule has 13 aliphatic rings. The molecule has 137 heavy (non-hydrogen) atoms. The molecule has 4 saturated carbocycles. The second-order valence-electron chi connectivity index (χ2n) is 42.5. The Bertz CT molecular complexity index is 4040. The summed E-state index contributed by atoms with van der Waals surface area (Å²) in [6.45, 7) is 18.0. The van der Waals surface area contributed by atoms with E-state index in [9.17, 15) is 132 Å². The van der Waals surface area contributed by atoms with Crippen molar-refractivity contribution in [2.75, 3.05) is 39.6 Å². The van der Waals surface area contributed by atoms with Gasteiger partial charge in [0.1, 0.15) is 134 Å². The normalized spacial score (nSPS) is 48.5. The Labute approximate surface area is 793 Å². The van der Waals surface area contributed by atoms with Crippen LogP contribution in [-0.4, -0.2) is 427 Å². The van der Waals surface area contributed by atoms with E-state index in [0.717, 1.165) is 11.9 Å². The van der Waals surface area contributed by atoms with Crippen molar-refractivity contribution in [2.24, 2.45) is 68.5 Å². The summed E-state index contributed by atoms with van der Waals surface area (Å²) in [7, 11) is 0. The van der Waals surface area contributed by atoms with Crippen molar-refractivity contribution in [3.05, 3.63) is 11.6 Å². The largest absolute Gasteiger partial charge is 0.479 e. The fraction of sp³-hybridized carbons (Fsp3) is 0.924. The third-order valence-electron chi connectivity index (χ3n) is 32.9. The number of aliphatic hydroxyl groups excluding tert-OH is 20. The van der Waals surface area contributed by atoms with E-state index in [1.54, 1.807) is 20.8 Å². The highest BCUT2D eigenvalue weighted by atomic mass is 16.8. The first-order chi connectivity index (χ1) is 64.4. The van der Waals surface area contributed by atoms with Crippen LogP contribution in [0.5, 0.6) is 0 Å². The number of aliphatic carboxylic acids is 1. The number of allylic oxidation sites excluding steroid dienone is 2. The number of fused-ring (bicyclic) bond motifs is 7. The molecule has 8 aliphatic heterocycles. The van der Waals surface area contributed by atoms with Crippen LogP contribution < -0.4 is 0 Å². The van der Waals surface area contributed by atoms with E-state index in [4.69, 9.17) is 85.3 Å². The molecule has 45 heteroatoms. The van der Waals surface area contributed by atoms with Crippen molar-refractivity contribution in [1.82, 2.24) is 0 Å². The lowest BCUT2D eigenvalue weighted by atomic mass is 9.34. The number of carboxylic acid groups (broad SMARTS) is 1. The highest BCUT2D eigenvalue weighted by molar-refractivity contribution is 5.74. The molecule has 5 aliphatic carbocycles. The van der Waals surface area contributed by atoms with Crippen molar-refractivity contribution in [3.8, 4) is 0 Å². The number of aldehydes is 1. The average molecular weight is 1970 g/mol. The van der Waals surface area contributed by atoms with E-state index in [-0.39, 0.29) is 43.9 Å². The number of carboxylic acids is 1. The van der Waals surface area contributed by atoms with Gasteiger partial charge in [-0.25, -0.2) is 4.79 Å². The van der Waals surface area contributed by atoms with Crippen LogP contribution in [0.4, 0.5) is 0 Å². The molecule has 51 atom stereocenters. The van der Waals surface area contributed by atoms with Crippen LogP contribution in [0.3, 0.4) is 0 Å². The van der Waals surface area contributed by atoms with Gasteiger partial charge in [-0.15, -0.1) is 0 Å². The summed E-state index contributed by atoms with van der Waals surface area (Å²) in [4.78, 5) is 71.3. The minimum atomic E-state index is -2.18. The summed E-state index contributed by atoms with van der Waals surface area (Å²) >= 11 is 0. The second-order valence-corrected chi connectivity index (χ2v) is 42.5. The molecule has 22 N–H and O–H groups in total. The molecule has 786 valence electrons. The maximum Gasteiger partial charge on any atom is 0.335 e. The van der Waals surface area contributed by atoms with Gasteiger partial charge in [0.25, 0.3) is 0 Å². The number of carbonyl (C=O) groups is 5. The Morgan fingerprint density at radius 3 is 1.75 bits per heavy atom. The summed E-state index contributed by atoms with van der Waals surface area (Å²) in [5.74, 6) is -8.52. The lowest BCUT2D eigenvalue weighted by molar-refractivity contribution is -0.382. The minimum Gasteiger partial charge on any atom is -0.479 e. The lowest BCUT2D eigenvalue weighted by Crippen LogP contribution is -2.68. The molecule has 13 rings (SSSR count). The lowest BCUT2D eigenvalue weighted by Gasteiger charge is -2.71. The van der Waals surface area contributed by atoms with Gasteiger partial charge in [-0.2, -0.15) is 0 Å². The summed E-state index contributed by atoms with van der Waals surface area (Å²) in [5, 5.41) is 244. The SMILES string of the molecule is CC[C@@H](C)[C@@H](C[C@H](O)CC(=O)O[C@@H]1[C@H](O)[C@@H](O[C@@H]2O[C@@H](C)[C@H](O[C@@H]3OC[C@@H](O)[C@H](O[C@@H]4OC[C@](O)(CO)[C@H]4O)[C@H]3O)[C@@H](O)[C@H]2O)[C@H](OC(=O)[C@@H]2CC(C)(C)C[C@H]3C4=CC[C@@H]5[C@@]6(C)CC[C@H](O[C@@H]7O[C@H](C(=O)O)[C@@H](O)[C@H](O[C@@H]8OC[C@@H](O)[C@H](O)[C@H]8O)[C@H]7O[C@H]7C[C@H](O)[C@@H](O)[C@@H](CO)O7)[C@@](C)(C=O)[C@@H]6CC[C@@]5(C)[C@]4(C)C[C@@H](O)[C@H]23)O[C@@H]1C)OC(=O)C[C@@H](O)C[C@H](O[C@@H]1O[C@@H](CO)[C@H](O)[C@H]1O)[C@@H](C)CC. The van der Waals surface area contributed by atoms with E-state index in [0.29, 0.717) is 44.9 Å². The first-order valence-electron chi connectivity index (χ1n) is 48.2. The number of esters is 3. The van der Waals surface area contributed by atoms with E-state index < -0.39 is 385 Å². The fourth-order valence-electron chi connectivity index (χ4n) is 24.3. The van der Waals surface area contributed by atoms with Crippen molar-refractivity contribution in [1.29, 1.82) is 0 Å². The number of hydrogen-bond donors (Lipinski definition) is 22. The van der Waals surface area contributed by atoms with Gasteiger partial charge in [-0.05, 0) is 116 Å². The van der Waals surface area contributed by atoms with E-state index in [2.05, 4.69) is 26.8 Å². The number of ether oxygens (including phenoxy) is 18. The third kappa shape index (κ3) is 22.1. The van der Waals surface area contributed by atoms with E-state index in [1.807, 2.05) is 27.7 Å². The predicted octanol–water partition coefficient (Wildman–Crippen LogP) is -4.80. The number of aliphatic hydroxyl groups is 21. The number of hydrogen-bond acceptors (Lipinski definition) is 44. The van der Waals surface area contributed by atoms with Crippen LogP contribution in [0.15, 0.2) is 11.6 Å². The van der Waals surface area contributed by atoms with Crippen LogP contribution in [-0.2, 0) is 109 Å². The monoisotopic (exact) mass is 1970 g/mol. The van der Waals surface area contributed by atoms with Crippen molar-refractivity contribution in [2.45, 2.75) is 425 Å². The average Bonchev–Trinajstić information content (AvgIpc) is 1.06. The molecule has 0 amide bonds. The number of rotatable bonds is 35. The quantitative estimate of drug-likeness (QED) is 0.00931. The molecular weight excluding hydrogens is 1820 g/mol. The second kappa shape index (κ2) is 44.3. The molecule has 0 aromatic carbocycles. The van der Waals surface area contributed by atoms with Crippen LogP contribution in [0, 0.1) is 68.5 Å². The maximum atomic E-state index is 15.8. The smallest absolute Gasteiger partial charge is 0.335 e. The first kappa shape index (κ1) is 110. The molecule has 8 heterocycles. The standard InChI is InChI=1S/C92H148O45/c1-13-36(3)49(125-56(103)23-41(98)22-50(37(4)14-2)127-83-65(110)62(107)52(30-94)128-83)21-40(97)24-57(104)130-71-39(6)124-84(75(67(71)112)136-82-66(111)63(108)70(38(5)123-82)132-81-69(114)72(48(102)32-121-81)133-86-77(115)92(119,34-96)35-122-86)137-79(118)43-27-87(7,8)26-42-44-15-16-54-88(9)19-18-55(89(10,33-95)53(88)17-20-90(54,11)91(44,12)28-46(100)59(42)43)129-85-76(131-58-25-45(99)60(105)51(29-93)126-58)73(68(113)74(135-85)78(116)117)134-80-64(109)61(106)47(101)31-120-80/h15,33,36-43,45-55,58-77,80-86,93-94,96-102,105-115,119H,13-14,16-32,34-35H2,1-12H3,(H,116,117)/t36-,37+,38+,39-,40+,41+,42+,43-,45+,46-,47-,48-,49-,50+,51-,52+,53-,54-,55+,58+,59+,60-,61+,62+,63+,64-,65-,66-,67+,68+,69-,70+,71+,72+,73+,74+,75-,76-,77+,80+,81+,82+,83-,84+,85-,86+,88+,89+,90-,91-,92-/m1/s1. The molecule has 45 nitrogen and oxygen atoms in total. The predicted molar refractivity (Wildman–Crippen MR) is 457 cm³/mol. The van der Waals surface area contributed by atoms with Gasteiger partial charge < -0.3 is 202 Å². The van der Waals surface area contributed by atoms with Gasteiger partial charge in [0.15, 0.2) is 62.3 Å². The van der Waals surface area contributed by atoms with Crippen LogP contribution in [0.25, 0.3) is 0 Å². The molecule has 8 saturated heterocycles. The highest BCUT2D eigenvalue weighted by Gasteiger charge is 2.71. The third-order valence-corrected chi connectivity index (χ3v) is 32.9. The molecule has 0 aromatic rings. The zero-order valence-corrected chi connectivity index (χ0v) is 79.3. The Hall–Kier alpha value is -4.15. The number of carbonyl (C=O) groups excluding carboxylic acids is 4. The summed E-state index contributed by atoms with van der Waals surface area (Å²) in [5.41, 5.74) is -5.42. The van der Waals surface area contributed by atoms with Gasteiger partial charge in [-0.1, -0.05) is 93.7 Å². The fourth-order valence-corrected chi connectivity index (χ4v) is 24.3. The zero-order valence-electron chi connectivity index (χ0n) is 79.3. The summed E-state index contributed by atoms with van der Waals surface area (Å²) < 4.78 is 108. The first-order valence-corrected chi connectivity index (χ1v) is 48.2. The summed E-state index contributed by atoms with van der Waals surface area (Å²) in [6, 6.07) is 0. The van der Waals surface area contributed by atoms with Gasteiger partial charge in [0.05, 0.1) is 113 Å². The van der Waals surface area contributed by atoms with Gasteiger partial charge in [0, 0.05) is 25.2 Å². The van der Waals surface area contributed by atoms with Gasteiger partial charge in [0.2, 0.25) is 6.29 Å². The minimum absolute atomic E-state index is 0.121.